The predicted octanol–water partition coefficient (Wildman–Crippen LogP) is 4.22. The second-order valence-electron chi connectivity index (χ2n) is 4.11. The van der Waals surface area contributed by atoms with E-state index in [-0.39, 0.29) is 0 Å². The quantitative estimate of drug-likeness (QED) is 0.856. The zero-order valence-corrected chi connectivity index (χ0v) is 10.3. The number of aromatic hydroxyl groups is 1. The first-order chi connectivity index (χ1) is 8.25. The topological polar surface area (TPSA) is 20.2 Å². The van der Waals surface area contributed by atoms with Crippen molar-refractivity contribution >= 4 is 11.6 Å². The first kappa shape index (κ1) is 12.0. The molecule has 1 N–H and O–H groups in total. The Morgan fingerprint density at radius 1 is 0.941 bits per heavy atom. The van der Waals surface area contributed by atoms with E-state index in [1.54, 1.807) is 12.1 Å². The zero-order chi connectivity index (χ0) is 12.1. The van der Waals surface area contributed by atoms with Gasteiger partial charge in [-0.1, -0.05) is 41.9 Å². The fourth-order valence-corrected chi connectivity index (χ4v) is 2.08. The number of phenolic OH excluding ortho intramolecular Hbond substituents is 1. The zero-order valence-electron chi connectivity index (χ0n) is 9.57. The molecule has 0 atom stereocenters. The summed E-state index contributed by atoms with van der Waals surface area (Å²) in [5.74, 6) is 0.336. The maximum atomic E-state index is 9.67. The van der Waals surface area contributed by atoms with Crippen molar-refractivity contribution in [2.75, 3.05) is 0 Å². The summed E-state index contributed by atoms with van der Waals surface area (Å²) in [6.45, 7) is 0. The highest BCUT2D eigenvalue weighted by atomic mass is 35.5. The molecule has 0 aliphatic rings. The summed E-state index contributed by atoms with van der Waals surface area (Å²) in [7, 11) is 0. The van der Waals surface area contributed by atoms with E-state index in [4.69, 9.17) is 11.6 Å². The Kier molecular flexibility index (Phi) is 4.05. The number of phenols is 1. The van der Waals surface area contributed by atoms with Crippen molar-refractivity contribution in [3.63, 3.8) is 0 Å². The Morgan fingerprint density at radius 3 is 2.47 bits per heavy atom. The molecule has 0 saturated heterocycles. The molecule has 2 aromatic rings. The van der Waals surface area contributed by atoms with E-state index in [1.165, 1.54) is 5.56 Å². The lowest BCUT2D eigenvalue weighted by molar-refractivity contribution is 0.467. The number of hydrogen-bond donors (Lipinski definition) is 1. The highest BCUT2D eigenvalue weighted by Gasteiger charge is 2.02. The van der Waals surface area contributed by atoms with Crippen molar-refractivity contribution in [1.82, 2.24) is 0 Å². The number of hydrogen-bond acceptors (Lipinski definition) is 1. The van der Waals surface area contributed by atoms with Gasteiger partial charge in [0, 0.05) is 5.02 Å². The van der Waals surface area contributed by atoms with Crippen LogP contribution in [0.4, 0.5) is 0 Å². The maximum absolute atomic E-state index is 9.67. The van der Waals surface area contributed by atoms with Crippen LogP contribution in [0.15, 0.2) is 48.5 Å². The molecule has 0 aromatic heterocycles. The van der Waals surface area contributed by atoms with Crippen LogP contribution in [-0.4, -0.2) is 5.11 Å². The summed E-state index contributed by atoms with van der Waals surface area (Å²) in [6, 6.07) is 15.6. The molecule has 2 aromatic carbocycles. The van der Waals surface area contributed by atoms with E-state index in [0.29, 0.717) is 10.8 Å². The van der Waals surface area contributed by atoms with Gasteiger partial charge < -0.3 is 5.11 Å². The lowest BCUT2D eigenvalue weighted by atomic mass is 10.0. The lowest BCUT2D eigenvalue weighted by Gasteiger charge is -2.05. The lowest BCUT2D eigenvalue weighted by Crippen LogP contribution is -1.90. The van der Waals surface area contributed by atoms with Gasteiger partial charge in [0.1, 0.15) is 5.75 Å². The molecule has 0 aliphatic carbocycles. The second-order valence-corrected chi connectivity index (χ2v) is 4.55. The number of aryl methyl sites for hydroxylation is 2. The van der Waals surface area contributed by atoms with Gasteiger partial charge in [-0.25, -0.2) is 0 Å². The Bertz CT molecular complexity index is 480. The van der Waals surface area contributed by atoms with Crippen LogP contribution >= 0.6 is 11.6 Å². The fourth-order valence-electron chi connectivity index (χ4n) is 1.88. The first-order valence-corrected chi connectivity index (χ1v) is 6.15. The van der Waals surface area contributed by atoms with Crippen molar-refractivity contribution in [3.05, 3.63) is 64.7 Å². The smallest absolute Gasteiger partial charge is 0.118 e. The summed E-state index contributed by atoms with van der Waals surface area (Å²) in [4.78, 5) is 0. The summed E-state index contributed by atoms with van der Waals surface area (Å²) >= 11 is 5.90. The van der Waals surface area contributed by atoms with Crippen molar-refractivity contribution in [1.29, 1.82) is 0 Å². The average molecular weight is 247 g/mol. The van der Waals surface area contributed by atoms with Crippen LogP contribution in [0.2, 0.25) is 5.02 Å². The van der Waals surface area contributed by atoms with E-state index >= 15 is 0 Å². The molecule has 0 aliphatic heterocycles. The SMILES string of the molecule is Oc1ccc(Cl)cc1CCCc1ccccc1. The van der Waals surface area contributed by atoms with Crippen molar-refractivity contribution < 1.29 is 5.11 Å². The second kappa shape index (κ2) is 5.74. The highest BCUT2D eigenvalue weighted by Crippen LogP contribution is 2.23. The van der Waals surface area contributed by atoms with Crippen LogP contribution < -0.4 is 0 Å². The molecule has 0 bridgehead atoms. The van der Waals surface area contributed by atoms with Gasteiger partial charge >= 0.3 is 0 Å². The largest absolute Gasteiger partial charge is 0.508 e. The average Bonchev–Trinajstić information content (AvgIpc) is 2.35. The molecule has 1 nitrogen and oxygen atoms in total. The van der Waals surface area contributed by atoms with Crippen LogP contribution in [-0.2, 0) is 12.8 Å². The summed E-state index contributed by atoms with van der Waals surface area (Å²) in [5.41, 5.74) is 2.25. The molecule has 17 heavy (non-hydrogen) atoms. The minimum atomic E-state index is 0.336. The van der Waals surface area contributed by atoms with Gasteiger partial charge in [-0.2, -0.15) is 0 Å². The standard InChI is InChI=1S/C15H15ClO/c16-14-9-10-15(17)13(11-14)8-4-7-12-5-2-1-3-6-12/h1-3,5-6,9-11,17H,4,7-8H2. The van der Waals surface area contributed by atoms with E-state index in [1.807, 2.05) is 24.3 Å². The third-order valence-corrected chi connectivity index (χ3v) is 3.03. The third kappa shape index (κ3) is 3.50. The summed E-state index contributed by atoms with van der Waals surface area (Å²) in [6.07, 6.45) is 2.88. The highest BCUT2D eigenvalue weighted by molar-refractivity contribution is 6.30. The van der Waals surface area contributed by atoms with Crippen LogP contribution in [0.1, 0.15) is 17.5 Å². The van der Waals surface area contributed by atoms with Gasteiger partial charge in [0.2, 0.25) is 0 Å². The van der Waals surface area contributed by atoms with Crippen LogP contribution in [0, 0.1) is 0 Å². The molecule has 0 fully saturated rings. The van der Waals surface area contributed by atoms with Gasteiger partial charge in [0.25, 0.3) is 0 Å². The van der Waals surface area contributed by atoms with Crippen LogP contribution in [0.3, 0.4) is 0 Å². The molecule has 0 spiro atoms. The van der Waals surface area contributed by atoms with Gasteiger partial charge in [-0.05, 0) is 48.6 Å². The van der Waals surface area contributed by atoms with E-state index in [9.17, 15) is 5.11 Å². The molecular formula is C15H15ClO. The van der Waals surface area contributed by atoms with E-state index in [2.05, 4.69) is 12.1 Å². The molecule has 2 heteroatoms. The molecule has 0 saturated carbocycles. The Labute approximate surface area is 107 Å². The normalized spacial score (nSPS) is 10.4. The predicted molar refractivity (Wildman–Crippen MR) is 71.6 cm³/mol. The van der Waals surface area contributed by atoms with E-state index < -0.39 is 0 Å². The van der Waals surface area contributed by atoms with Crippen molar-refractivity contribution in [2.24, 2.45) is 0 Å². The minimum absolute atomic E-state index is 0.336. The Morgan fingerprint density at radius 2 is 1.71 bits per heavy atom. The molecule has 88 valence electrons. The molecule has 0 unspecified atom stereocenters. The number of halogens is 1. The number of benzene rings is 2. The van der Waals surface area contributed by atoms with Gasteiger partial charge in [-0.15, -0.1) is 0 Å². The van der Waals surface area contributed by atoms with Crippen molar-refractivity contribution in [3.8, 4) is 5.75 Å². The molecule has 0 heterocycles. The minimum Gasteiger partial charge on any atom is -0.508 e. The molecular weight excluding hydrogens is 232 g/mol. The van der Waals surface area contributed by atoms with Crippen LogP contribution in [0.5, 0.6) is 5.75 Å². The maximum Gasteiger partial charge on any atom is 0.118 e. The fraction of sp³-hybridized carbons (Fsp3) is 0.200. The number of rotatable bonds is 4. The van der Waals surface area contributed by atoms with Gasteiger partial charge in [0.05, 0.1) is 0 Å². The molecule has 0 radical (unpaired) electrons. The summed E-state index contributed by atoms with van der Waals surface area (Å²) in [5, 5.41) is 10.4. The molecule has 2 rings (SSSR count). The van der Waals surface area contributed by atoms with Crippen LogP contribution in [0.25, 0.3) is 0 Å². The first-order valence-electron chi connectivity index (χ1n) is 5.77. The molecule has 0 amide bonds. The Balaban J connectivity index is 1.92. The van der Waals surface area contributed by atoms with E-state index in [0.717, 1.165) is 24.8 Å². The third-order valence-electron chi connectivity index (χ3n) is 2.80. The van der Waals surface area contributed by atoms with Crippen molar-refractivity contribution in [2.45, 2.75) is 19.3 Å². The van der Waals surface area contributed by atoms with Gasteiger partial charge in [-0.3, -0.25) is 0 Å². The summed E-state index contributed by atoms with van der Waals surface area (Å²) < 4.78 is 0. The Hall–Kier alpha value is -1.47. The van der Waals surface area contributed by atoms with Gasteiger partial charge in [0.15, 0.2) is 0 Å². The monoisotopic (exact) mass is 246 g/mol.